The van der Waals surface area contributed by atoms with Gasteiger partial charge in [-0.15, -0.1) is 0 Å². The Morgan fingerprint density at radius 2 is 1.47 bits per heavy atom. The van der Waals surface area contributed by atoms with Crippen LogP contribution in [0.4, 0.5) is 0 Å². The van der Waals surface area contributed by atoms with Gasteiger partial charge in [0.05, 0.1) is 12.2 Å². The second-order valence-corrected chi connectivity index (χ2v) is 9.62. The number of hydrogen-bond donors (Lipinski definition) is 0. The maximum absolute atomic E-state index is 12.2. The highest BCUT2D eigenvalue weighted by Crippen LogP contribution is 2.23. The second kappa shape index (κ2) is 18.2. The van der Waals surface area contributed by atoms with E-state index in [-0.39, 0.29) is 12.8 Å². The average molecular weight is 525 g/mol. The van der Waals surface area contributed by atoms with E-state index in [0.29, 0.717) is 30.3 Å². The minimum atomic E-state index is -0.661. The van der Waals surface area contributed by atoms with Crippen molar-refractivity contribution in [2.75, 3.05) is 13.4 Å². The smallest absolute Gasteiger partial charge is 0.338 e. The number of unbranched alkanes of at least 4 members (excludes halogenated alkanes) is 6. The Balaban J connectivity index is 1.81. The molecule has 0 fully saturated rings. The van der Waals surface area contributed by atoms with Crippen LogP contribution in [0.2, 0.25) is 0 Å². The molecule has 0 aromatic heterocycles. The monoisotopic (exact) mass is 524 g/mol. The number of hydrogen-bond acceptors (Lipinski definition) is 6. The summed E-state index contributed by atoms with van der Waals surface area (Å²) in [4.78, 5) is 23.9. The third kappa shape index (κ3) is 12.0. The van der Waals surface area contributed by atoms with E-state index in [9.17, 15) is 9.59 Å². The van der Waals surface area contributed by atoms with Gasteiger partial charge in [-0.2, -0.15) is 0 Å². The Hall–Kier alpha value is -3.12. The van der Waals surface area contributed by atoms with Gasteiger partial charge in [0, 0.05) is 12.5 Å². The lowest BCUT2D eigenvalue weighted by Gasteiger charge is -2.18. The van der Waals surface area contributed by atoms with Crippen molar-refractivity contribution in [1.29, 1.82) is 0 Å². The lowest BCUT2D eigenvalue weighted by atomic mass is 10.0. The number of carbonyl (C=O) groups is 2. The standard InChI is InChI=1S/C32H44O6/c1-5-8-9-10-11-12-13-14-31(38-30(33)7-3)37-24-36-29-21-19-27(20-22-29)26-15-17-28(18-16-26)32(34)35-23-25(4)6-2/h7,15-22,25,31H,3,5-6,8-14,23-24H2,1-2,4H3. The largest absolute Gasteiger partial charge is 0.467 e. The molecule has 6 heteroatoms. The Morgan fingerprint density at radius 3 is 2.08 bits per heavy atom. The first-order valence-electron chi connectivity index (χ1n) is 13.9. The van der Waals surface area contributed by atoms with Crippen LogP contribution in [0.25, 0.3) is 11.1 Å². The number of esters is 2. The molecule has 6 nitrogen and oxygen atoms in total. The van der Waals surface area contributed by atoms with Crippen molar-refractivity contribution in [2.24, 2.45) is 5.92 Å². The summed E-state index contributed by atoms with van der Waals surface area (Å²) in [5.41, 5.74) is 2.52. The van der Waals surface area contributed by atoms with Gasteiger partial charge in [-0.1, -0.05) is 96.6 Å². The summed E-state index contributed by atoms with van der Waals surface area (Å²) in [6.45, 7) is 10.2. The highest BCUT2D eigenvalue weighted by Gasteiger charge is 2.14. The molecule has 2 atom stereocenters. The van der Waals surface area contributed by atoms with E-state index in [2.05, 4.69) is 27.4 Å². The summed E-state index contributed by atoms with van der Waals surface area (Å²) in [6.07, 6.45) is 10.3. The van der Waals surface area contributed by atoms with Crippen molar-refractivity contribution in [3.8, 4) is 16.9 Å². The van der Waals surface area contributed by atoms with E-state index in [1.54, 1.807) is 12.1 Å². The predicted octanol–water partition coefficient (Wildman–Crippen LogP) is 8.11. The fourth-order valence-electron chi connectivity index (χ4n) is 3.76. The Bertz CT molecular complexity index is 951. The maximum atomic E-state index is 12.2. The van der Waals surface area contributed by atoms with E-state index in [1.165, 1.54) is 32.1 Å². The Morgan fingerprint density at radius 1 is 0.868 bits per heavy atom. The van der Waals surface area contributed by atoms with Gasteiger partial charge in [0.15, 0.2) is 6.79 Å². The van der Waals surface area contributed by atoms with Crippen LogP contribution >= 0.6 is 0 Å². The van der Waals surface area contributed by atoms with Gasteiger partial charge in [0.1, 0.15) is 5.75 Å². The lowest BCUT2D eigenvalue weighted by molar-refractivity contribution is -0.188. The fourth-order valence-corrected chi connectivity index (χ4v) is 3.76. The normalized spacial score (nSPS) is 12.4. The van der Waals surface area contributed by atoms with Crippen LogP contribution in [0, 0.1) is 5.92 Å². The first kappa shape index (κ1) is 31.1. The Labute approximate surface area is 228 Å². The van der Waals surface area contributed by atoms with Crippen LogP contribution in [0.3, 0.4) is 0 Å². The van der Waals surface area contributed by atoms with Gasteiger partial charge >= 0.3 is 11.9 Å². The van der Waals surface area contributed by atoms with Crippen molar-refractivity contribution in [3.63, 3.8) is 0 Å². The van der Waals surface area contributed by atoms with Gasteiger partial charge in [-0.3, -0.25) is 0 Å². The minimum Gasteiger partial charge on any atom is -0.467 e. The topological polar surface area (TPSA) is 71.1 Å². The molecule has 0 bridgehead atoms. The summed E-state index contributed by atoms with van der Waals surface area (Å²) in [7, 11) is 0. The molecule has 38 heavy (non-hydrogen) atoms. The molecular formula is C32H44O6. The quantitative estimate of drug-likeness (QED) is 0.0800. The van der Waals surface area contributed by atoms with Crippen molar-refractivity contribution in [2.45, 2.75) is 84.8 Å². The number of carbonyl (C=O) groups excluding carboxylic acids is 2. The first-order valence-corrected chi connectivity index (χ1v) is 13.9. The lowest BCUT2D eigenvalue weighted by Crippen LogP contribution is -2.22. The van der Waals surface area contributed by atoms with Crippen molar-refractivity contribution in [3.05, 3.63) is 66.7 Å². The number of benzene rings is 2. The predicted molar refractivity (Wildman–Crippen MR) is 151 cm³/mol. The van der Waals surface area contributed by atoms with Gasteiger partial charge in [0.25, 0.3) is 0 Å². The number of ether oxygens (including phenoxy) is 4. The zero-order chi connectivity index (χ0) is 27.6. The van der Waals surface area contributed by atoms with E-state index in [1.807, 2.05) is 36.4 Å². The summed E-state index contributed by atoms with van der Waals surface area (Å²) < 4.78 is 22.1. The SMILES string of the molecule is C=CC(=O)OC(CCCCCCCCC)OCOc1ccc(-c2ccc(C(=O)OCC(C)CC)cc2)cc1. The molecule has 0 heterocycles. The molecule has 0 N–H and O–H groups in total. The third-order valence-electron chi connectivity index (χ3n) is 6.44. The molecule has 0 saturated heterocycles. The molecule has 0 aliphatic heterocycles. The van der Waals surface area contributed by atoms with Gasteiger partial charge in [-0.05, 0) is 47.7 Å². The van der Waals surface area contributed by atoms with Crippen molar-refractivity contribution < 1.29 is 28.5 Å². The molecule has 0 radical (unpaired) electrons. The Kier molecular flexibility index (Phi) is 14.9. The van der Waals surface area contributed by atoms with E-state index >= 15 is 0 Å². The molecule has 2 rings (SSSR count). The van der Waals surface area contributed by atoms with Crippen LogP contribution in [0.5, 0.6) is 5.75 Å². The van der Waals surface area contributed by atoms with E-state index in [0.717, 1.165) is 36.5 Å². The molecule has 0 aliphatic rings. The average Bonchev–Trinajstić information content (AvgIpc) is 2.95. The highest BCUT2D eigenvalue weighted by molar-refractivity contribution is 5.90. The zero-order valence-corrected chi connectivity index (χ0v) is 23.3. The fraction of sp³-hybridized carbons (Fsp3) is 0.500. The summed E-state index contributed by atoms with van der Waals surface area (Å²) in [6, 6.07) is 15.0. The van der Waals surface area contributed by atoms with Gasteiger partial charge in [-0.25, -0.2) is 9.59 Å². The number of rotatable bonds is 19. The van der Waals surface area contributed by atoms with Gasteiger partial charge < -0.3 is 18.9 Å². The van der Waals surface area contributed by atoms with Crippen LogP contribution in [0.1, 0.15) is 88.9 Å². The van der Waals surface area contributed by atoms with Gasteiger partial charge in [0.2, 0.25) is 6.29 Å². The molecule has 0 spiro atoms. The van der Waals surface area contributed by atoms with Crippen molar-refractivity contribution >= 4 is 11.9 Å². The van der Waals surface area contributed by atoms with Crippen LogP contribution in [-0.4, -0.2) is 31.6 Å². The molecule has 2 unspecified atom stereocenters. The minimum absolute atomic E-state index is 0.0294. The maximum Gasteiger partial charge on any atom is 0.338 e. The second-order valence-electron chi connectivity index (χ2n) is 9.62. The third-order valence-corrected chi connectivity index (χ3v) is 6.44. The van der Waals surface area contributed by atoms with Crippen LogP contribution in [-0.2, 0) is 19.0 Å². The van der Waals surface area contributed by atoms with Crippen molar-refractivity contribution in [1.82, 2.24) is 0 Å². The molecule has 2 aromatic carbocycles. The first-order chi connectivity index (χ1) is 18.5. The molecular weight excluding hydrogens is 480 g/mol. The van der Waals surface area contributed by atoms with E-state index < -0.39 is 12.3 Å². The molecule has 0 saturated carbocycles. The van der Waals surface area contributed by atoms with E-state index in [4.69, 9.17) is 18.9 Å². The van der Waals surface area contributed by atoms with Crippen LogP contribution < -0.4 is 4.74 Å². The van der Waals surface area contributed by atoms with Crippen LogP contribution in [0.15, 0.2) is 61.2 Å². The summed E-state index contributed by atoms with van der Waals surface area (Å²) in [5.74, 6) is 0.188. The highest BCUT2D eigenvalue weighted by atomic mass is 16.8. The summed E-state index contributed by atoms with van der Waals surface area (Å²) in [5, 5.41) is 0. The molecule has 0 amide bonds. The molecule has 0 aliphatic carbocycles. The zero-order valence-electron chi connectivity index (χ0n) is 23.3. The molecule has 2 aromatic rings. The summed E-state index contributed by atoms with van der Waals surface area (Å²) >= 11 is 0. The molecule has 208 valence electrons.